The summed E-state index contributed by atoms with van der Waals surface area (Å²) in [5, 5.41) is 13.5. The van der Waals surface area contributed by atoms with Crippen molar-refractivity contribution in [3.05, 3.63) is 224 Å². The van der Waals surface area contributed by atoms with Gasteiger partial charge in [-0.2, -0.15) is 0 Å². The van der Waals surface area contributed by atoms with Crippen LogP contribution < -0.4 is 46.9 Å². The summed E-state index contributed by atoms with van der Waals surface area (Å²) in [6, 6.07) is 85.2. The Kier molecular flexibility index (Phi) is 7.48. The van der Waals surface area contributed by atoms with E-state index in [0.717, 1.165) is 0 Å². The lowest BCUT2D eigenvalue weighted by Gasteiger charge is -2.49. The highest BCUT2D eigenvalue weighted by atomic mass is 32.2. The average molecular weight is 833 g/mol. The number of fused-ring (bicyclic) bond motifs is 7. The second kappa shape index (κ2) is 13.3. The highest BCUT2D eigenvalue weighted by Crippen LogP contribution is 2.57. The highest BCUT2D eigenvalue weighted by molar-refractivity contribution is 8.00. The van der Waals surface area contributed by atoms with Crippen LogP contribution >= 0.6 is 11.8 Å². The van der Waals surface area contributed by atoms with Crippen molar-refractivity contribution in [3.63, 3.8) is 0 Å². The Bertz CT molecular complexity index is 3580. The predicted octanol–water partition coefficient (Wildman–Crippen LogP) is 10.5. The summed E-state index contributed by atoms with van der Waals surface area (Å²) in [5.74, 6) is 0. The largest absolute Gasteiger partial charge is 0.310 e. The van der Waals surface area contributed by atoms with E-state index in [1.165, 1.54) is 113 Å². The van der Waals surface area contributed by atoms with Gasteiger partial charge in [-0.25, -0.2) is 0 Å². The van der Waals surface area contributed by atoms with Crippen molar-refractivity contribution in [2.24, 2.45) is 0 Å². The summed E-state index contributed by atoms with van der Waals surface area (Å²) < 4.78 is 0. The zero-order valence-corrected chi connectivity index (χ0v) is 36.1. The number of anilines is 6. The van der Waals surface area contributed by atoms with E-state index >= 15 is 0 Å². The molecule has 11 aromatic carbocycles. The molecule has 0 saturated carbocycles. The van der Waals surface area contributed by atoms with E-state index in [0.29, 0.717) is 0 Å². The molecule has 0 amide bonds. The van der Waals surface area contributed by atoms with E-state index in [9.17, 15) is 0 Å². The van der Waals surface area contributed by atoms with Crippen molar-refractivity contribution >= 4 is 130 Å². The fraction of sp³-hybridized carbons (Fsp3) is 0. The summed E-state index contributed by atoms with van der Waals surface area (Å²) in [6.07, 6.45) is 0. The molecule has 3 heterocycles. The van der Waals surface area contributed by atoms with Crippen LogP contribution in [0.1, 0.15) is 0 Å². The van der Waals surface area contributed by atoms with E-state index in [1.54, 1.807) is 0 Å². The minimum atomic E-state index is -3.03. The summed E-state index contributed by atoms with van der Waals surface area (Å²) in [7, 11) is -3.03. The molecular weight excluding hydrogens is 796 g/mol. The third-order valence-electron chi connectivity index (χ3n) is 14.1. The molecule has 5 heteroatoms. The summed E-state index contributed by atoms with van der Waals surface area (Å²) in [5.41, 5.74) is 11.5. The molecule has 3 aliphatic rings. The normalized spacial score (nSPS) is 14.3. The number of para-hydroxylation sites is 3. The van der Waals surface area contributed by atoms with E-state index < -0.39 is 8.07 Å². The number of rotatable bonds is 4. The van der Waals surface area contributed by atoms with E-state index in [4.69, 9.17) is 0 Å². The third kappa shape index (κ3) is 4.76. The maximum absolute atomic E-state index is 3.03. The van der Waals surface area contributed by atoms with Gasteiger partial charge in [0.1, 0.15) is 0 Å². The van der Waals surface area contributed by atoms with Crippen LogP contribution in [0.5, 0.6) is 0 Å². The van der Waals surface area contributed by atoms with Gasteiger partial charge in [0.15, 0.2) is 8.07 Å². The first-order valence-corrected chi connectivity index (χ1v) is 24.7. The molecular formula is C58H37BN2SSi. The topological polar surface area (TPSA) is 6.48 Å². The first-order chi connectivity index (χ1) is 31.3. The number of hydrogen-bond donors (Lipinski definition) is 0. The van der Waals surface area contributed by atoms with Crippen molar-refractivity contribution in [1.82, 2.24) is 0 Å². The fourth-order valence-electron chi connectivity index (χ4n) is 11.7. The highest BCUT2D eigenvalue weighted by Gasteiger charge is 2.54. The SMILES string of the molecule is c1ccc(N2c3ccccc3B3c4ccccc4[Si](c4ccccc4)(c4ccccc4)c4cc5c(c2c43)Sc2ccccc2N5c2ccc3ccc4cccc5ccc2c3c45)cc1. The van der Waals surface area contributed by atoms with Gasteiger partial charge >= 0.3 is 0 Å². The minimum absolute atomic E-state index is 0.0430. The standard InChI is InChI=1S/C58H37BN2SSi/c1-4-19-41(20-5-1)60-48-27-12-10-25-45(48)59-46-26-11-15-30-52(46)63(42-21-6-2-7-22-42,43-23-8-3-9-24-43)53-37-50-58(57(60)56(53)59)62-51-29-14-13-28-49(51)61(50)47-36-34-40-32-31-38-17-16-18-39-33-35-44(47)55(40)54(38)39/h1-37H. The van der Waals surface area contributed by atoms with Crippen molar-refractivity contribution in [3.8, 4) is 0 Å². The average Bonchev–Trinajstić information content (AvgIpc) is 3.36. The van der Waals surface area contributed by atoms with Crippen LogP contribution in [-0.4, -0.2) is 14.8 Å². The molecule has 3 aliphatic heterocycles. The predicted molar refractivity (Wildman–Crippen MR) is 272 cm³/mol. The monoisotopic (exact) mass is 832 g/mol. The quantitative estimate of drug-likeness (QED) is 0.129. The van der Waals surface area contributed by atoms with E-state index in [2.05, 4.69) is 234 Å². The molecule has 0 N–H and O–H groups in total. The molecule has 0 radical (unpaired) electrons. The minimum Gasteiger partial charge on any atom is -0.310 e. The summed E-state index contributed by atoms with van der Waals surface area (Å²) >= 11 is 1.93. The summed E-state index contributed by atoms with van der Waals surface area (Å²) in [6.45, 7) is 0.0430. The Morgan fingerprint density at radius 3 is 1.73 bits per heavy atom. The van der Waals surface area contributed by atoms with E-state index in [1.807, 2.05) is 11.8 Å². The third-order valence-corrected chi connectivity index (χ3v) is 20.1. The van der Waals surface area contributed by atoms with Crippen LogP contribution in [0.4, 0.5) is 34.1 Å². The Labute approximate surface area is 372 Å². The van der Waals surface area contributed by atoms with Crippen LogP contribution in [0.3, 0.4) is 0 Å². The van der Waals surface area contributed by atoms with Gasteiger partial charge in [0, 0.05) is 21.7 Å². The van der Waals surface area contributed by atoms with E-state index in [-0.39, 0.29) is 6.71 Å². The molecule has 14 rings (SSSR count). The molecule has 0 aliphatic carbocycles. The van der Waals surface area contributed by atoms with Gasteiger partial charge in [-0.15, -0.1) is 0 Å². The molecule has 0 fully saturated rings. The fourth-order valence-corrected chi connectivity index (χ4v) is 18.1. The molecule has 0 saturated heterocycles. The smallest absolute Gasteiger partial charge is 0.246 e. The van der Waals surface area contributed by atoms with Gasteiger partial charge in [-0.3, -0.25) is 0 Å². The Morgan fingerprint density at radius 2 is 0.984 bits per heavy atom. The lowest BCUT2D eigenvalue weighted by atomic mass is 9.34. The Balaban J connectivity index is 1.19. The Hall–Kier alpha value is -7.31. The number of hydrogen-bond acceptors (Lipinski definition) is 3. The van der Waals surface area contributed by atoms with Crippen LogP contribution in [0, 0.1) is 0 Å². The van der Waals surface area contributed by atoms with Crippen LogP contribution in [0.25, 0.3) is 32.3 Å². The van der Waals surface area contributed by atoms with Crippen molar-refractivity contribution in [1.29, 1.82) is 0 Å². The van der Waals surface area contributed by atoms with Gasteiger partial charge in [0.2, 0.25) is 6.71 Å². The van der Waals surface area contributed by atoms with Gasteiger partial charge < -0.3 is 9.80 Å². The van der Waals surface area contributed by atoms with Gasteiger partial charge in [-0.05, 0) is 101 Å². The molecule has 0 atom stereocenters. The lowest BCUT2D eigenvalue weighted by Crippen LogP contribution is -2.87. The molecule has 0 aromatic heterocycles. The molecule has 11 aromatic rings. The molecule has 0 spiro atoms. The van der Waals surface area contributed by atoms with Crippen LogP contribution in [-0.2, 0) is 0 Å². The molecule has 2 nitrogen and oxygen atoms in total. The maximum Gasteiger partial charge on any atom is 0.246 e. The summed E-state index contributed by atoms with van der Waals surface area (Å²) in [4.78, 5) is 7.76. The van der Waals surface area contributed by atoms with Gasteiger partial charge in [-0.1, -0.05) is 199 Å². The molecule has 0 bridgehead atoms. The second-order valence-electron chi connectivity index (χ2n) is 17.1. The first kappa shape index (κ1) is 35.3. The molecule has 0 unspecified atom stereocenters. The molecule has 292 valence electrons. The van der Waals surface area contributed by atoms with Crippen molar-refractivity contribution in [2.75, 3.05) is 9.80 Å². The number of benzene rings is 11. The number of nitrogens with zero attached hydrogens (tertiary/aromatic N) is 2. The zero-order valence-electron chi connectivity index (χ0n) is 34.2. The second-order valence-corrected chi connectivity index (χ2v) is 21.9. The van der Waals surface area contributed by atoms with Crippen molar-refractivity contribution < 1.29 is 0 Å². The van der Waals surface area contributed by atoms with Crippen LogP contribution in [0.15, 0.2) is 234 Å². The Morgan fingerprint density at radius 1 is 0.397 bits per heavy atom. The lowest BCUT2D eigenvalue weighted by molar-refractivity contribution is 1.15. The first-order valence-electron chi connectivity index (χ1n) is 21.9. The maximum atomic E-state index is 2.67. The van der Waals surface area contributed by atoms with Gasteiger partial charge in [0.05, 0.1) is 27.6 Å². The van der Waals surface area contributed by atoms with Crippen LogP contribution in [0.2, 0.25) is 0 Å². The zero-order chi connectivity index (χ0) is 41.2. The van der Waals surface area contributed by atoms with Gasteiger partial charge in [0.25, 0.3) is 0 Å². The van der Waals surface area contributed by atoms with Crippen molar-refractivity contribution in [2.45, 2.75) is 9.79 Å². The molecule has 63 heavy (non-hydrogen) atoms.